The first-order valence-electron chi connectivity index (χ1n) is 5.20. The average Bonchev–Trinajstić information content (AvgIpc) is 3.04. The predicted molar refractivity (Wildman–Crippen MR) is 55.8 cm³/mol. The summed E-state index contributed by atoms with van der Waals surface area (Å²) in [5, 5.41) is 9.16. The van der Waals surface area contributed by atoms with Crippen molar-refractivity contribution in [3.8, 4) is 5.75 Å². The summed E-state index contributed by atoms with van der Waals surface area (Å²) in [7, 11) is 0. The number of rotatable bonds is 4. The Balaban J connectivity index is 2.17. The lowest BCUT2D eigenvalue weighted by atomic mass is 10.0. The fourth-order valence-electron chi connectivity index (χ4n) is 1.68. The summed E-state index contributed by atoms with van der Waals surface area (Å²) in [5.74, 6) is -0.900. The van der Waals surface area contributed by atoms with Crippen LogP contribution < -0.4 is 4.74 Å². The van der Waals surface area contributed by atoms with E-state index in [0.29, 0.717) is 5.75 Å². The number of carboxylic acids is 1. The van der Waals surface area contributed by atoms with Gasteiger partial charge in [-0.3, -0.25) is 0 Å². The van der Waals surface area contributed by atoms with Crippen molar-refractivity contribution in [2.24, 2.45) is 5.92 Å². The minimum atomic E-state index is -1.20. The van der Waals surface area contributed by atoms with Gasteiger partial charge in [0.05, 0.1) is 0 Å². The van der Waals surface area contributed by atoms with Gasteiger partial charge in [-0.05, 0) is 44.0 Å². The van der Waals surface area contributed by atoms with Gasteiger partial charge in [0.2, 0.25) is 5.60 Å². The maximum atomic E-state index is 12.7. The second-order valence-electron chi connectivity index (χ2n) is 4.24. The molecule has 4 heteroatoms. The smallest absolute Gasteiger partial charge is 0.348 e. The molecule has 0 heterocycles. The Bertz CT molecular complexity index is 397. The zero-order valence-corrected chi connectivity index (χ0v) is 8.94. The van der Waals surface area contributed by atoms with Crippen LogP contribution in [0.3, 0.4) is 0 Å². The molecule has 1 fully saturated rings. The summed E-state index contributed by atoms with van der Waals surface area (Å²) in [6.07, 6.45) is 1.73. The Morgan fingerprint density at radius 2 is 2.00 bits per heavy atom. The minimum Gasteiger partial charge on any atom is -0.478 e. The third-order valence-corrected chi connectivity index (χ3v) is 2.92. The van der Waals surface area contributed by atoms with E-state index in [1.807, 2.05) is 0 Å². The highest BCUT2D eigenvalue weighted by Crippen LogP contribution is 2.42. The van der Waals surface area contributed by atoms with Crippen molar-refractivity contribution >= 4 is 5.97 Å². The summed E-state index contributed by atoms with van der Waals surface area (Å²) in [6.45, 7) is 1.57. The topological polar surface area (TPSA) is 46.5 Å². The van der Waals surface area contributed by atoms with Gasteiger partial charge in [0, 0.05) is 5.92 Å². The lowest BCUT2D eigenvalue weighted by molar-refractivity contribution is -0.155. The van der Waals surface area contributed by atoms with E-state index >= 15 is 0 Å². The lowest BCUT2D eigenvalue weighted by Crippen LogP contribution is -2.43. The van der Waals surface area contributed by atoms with Gasteiger partial charge in [-0.2, -0.15) is 0 Å². The first-order valence-corrected chi connectivity index (χ1v) is 5.20. The molecule has 86 valence electrons. The molecule has 1 atom stereocenters. The molecule has 1 N–H and O–H groups in total. The number of benzene rings is 1. The molecular weight excluding hydrogens is 211 g/mol. The Labute approximate surface area is 92.9 Å². The van der Waals surface area contributed by atoms with Crippen molar-refractivity contribution in [1.82, 2.24) is 0 Å². The highest BCUT2D eigenvalue weighted by Gasteiger charge is 2.49. The monoisotopic (exact) mass is 224 g/mol. The molecule has 1 aromatic carbocycles. The van der Waals surface area contributed by atoms with Crippen LogP contribution >= 0.6 is 0 Å². The van der Waals surface area contributed by atoms with E-state index in [1.54, 1.807) is 6.92 Å². The number of hydrogen-bond donors (Lipinski definition) is 1. The van der Waals surface area contributed by atoms with Crippen molar-refractivity contribution < 1.29 is 19.0 Å². The number of aliphatic carboxylic acids is 1. The molecule has 1 aliphatic rings. The van der Waals surface area contributed by atoms with E-state index in [4.69, 9.17) is 9.84 Å². The molecule has 2 rings (SSSR count). The van der Waals surface area contributed by atoms with E-state index in [0.717, 1.165) is 12.8 Å². The van der Waals surface area contributed by atoms with Crippen LogP contribution in [0.15, 0.2) is 24.3 Å². The molecule has 0 aliphatic heterocycles. The van der Waals surface area contributed by atoms with E-state index in [1.165, 1.54) is 24.3 Å². The first-order chi connectivity index (χ1) is 7.52. The van der Waals surface area contributed by atoms with Gasteiger partial charge in [0.25, 0.3) is 0 Å². The molecule has 0 radical (unpaired) electrons. The first kappa shape index (κ1) is 10.9. The van der Waals surface area contributed by atoms with Crippen LogP contribution in [0.4, 0.5) is 4.39 Å². The third-order valence-electron chi connectivity index (χ3n) is 2.92. The van der Waals surface area contributed by atoms with Gasteiger partial charge in [-0.25, -0.2) is 9.18 Å². The normalized spacial score (nSPS) is 18.9. The fourth-order valence-corrected chi connectivity index (χ4v) is 1.68. The van der Waals surface area contributed by atoms with Crippen LogP contribution in [-0.2, 0) is 4.79 Å². The van der Waals surface area contributed by atoms with E-state index < -0.39 is 11.6 Å². The maximum absolute atomic E-state index is 12.7. The highest BCUT2D eigenvalue weighted by molar-refractivity contribution is 5.78. The molecule has 16 heavy (non-hydrogen) atoms. The van der Waals surface area contributed by atoms with Gasteiger partial charge < -0.3 is 9.84 Å². The highest BCUT2D eigenvalue weighted by atomic mass is 19.1. The summed E-state index contributed by atoms with van der Waals surface area (Å²) in [6, 6.07) is 5.40. The largest absolute Gasteiger partial charge is 0.478 e. The average molecular weight is 224 g/mol. The minimum absolute atomic E-state index is 0.0510. The van der Waals surface area contributed by atoms with Crippen LogP contribution in [-0.4, -0.2) is 16.7 Å². The zero-order valence-electron chi connectivity index (χ0n) is 8.94. The third kappa shape index (κ3) is 2.01. The van der Waals surface area contributed by atoms with Crippen LogP contribution in [0.2, 0.25) is 0 Å². The zero-order chi connectivity index (χ0) is 11.8. The molecule has 1 saturated carbocycles. The summed E-state index contributed by atoms with van der Waals surface area (Å²) < 4.78 is 18.2. The molecule has 3 nitrogen and oxygen atoms in total. The molecule has 0 aromatic heterocycles. The molecule has 0 saturated heterocycles. The van der Waals surface area contributed by atoms with Crippen molar-refractivity contribution in [1.29, 1.82) is 0 Å². The SMILES string of the molecule is CC(Oc1ccc(F)cc1)(C(=O)O)C1CC1. The van der Waals surface area contributed by atoms with Gasteiger partial charge in [0.1, 0.15) is 11.6 Å². The summed E-state index contributed by atoms with van der Waals surface area (Å²) in [5.41, 5.74) is -1.20. The Morgan fingerprint density at radius 3 is 2.44 bits per heavy atom. The van der Waals surface area contributed by atoms with Crippen molar-refractivity contribution in [2.45, 2.75) is 25.4 Å². The van der Waals surface area contributed by atoms with Crippen molar-refractivity contribution in [3.05, 3.63) is 30.1 Å². The van der Waals surface area contributed by atoms with Crippen molar-refractivity contribution in [3.63, 3.8) is 0 Å². The fraction of sp³-hybridized carbons (Fsp3) is 0.417. The van der Waals surface area contributed by atoms with Crippen LogP contribution in [0, 0.1) is 11.7 Å². The number of carboxylic acid groups (broad SMARTS) is 1. The molecule has 0 amide bonds. The Morgan fingerprint density at radius 1 is 1.44 bits per heavy atom. The van der Waals surface area contributed by atoms with Crippen LogP contribution in [0.1, 0.15) is 19.8 Å². The van der Waals surface area contributed by atoms with Crippen LogP contribution in [0.25, 0.3) is 0 Å². The van der Waals surface area contributed by atoms with E-state index in [2.05, 4.69) is 0 Å². The predicted octanol–water partition coefficient (Wildman–Crippen LogP) is 2.46. The molecule has 0 bridgehead atoms. The molecule has 1 aromatic rings. The second kappa shape index (κ2) is 3.77. The van der Waals surface area contributed by atoms with Gasteiger partial charge in [-0.1, -0.05) is 0 Å². The number of halogens is 1. The van der Waals surface area contributed by atoms with Crippen molar-refractivity contribution in [2.75, 3.05) is 0 Å². The summed E-state index contributed by atoms with van der Waals surface area (Å²) >= 11 is 0. The maximum Gasteiger partial charge on any atom is 0.348 e. The molecule has 1 unspecified atom stereocenters. The number of carbonyl (C=O) groups is 1. The van der Waals surface area contributed by atoms with Gasteiger partial charge in [0.15, 0.2) is 0 Å². The number of hydrogen-bond acceptors (Lipinski definition) is 2. The Hall–Kier alpha value is -1.58. The van der Waals surface area contributed by atoms with Gasteiger partial charge >= 0.3 is 5.97 Å². The quantitative estimate of drug-likeness (QED) is 0.854. The Kier molecular flexibility index (Phi) is 2.58. The molecule has 1 aliphatic carbocycles. The summed E-state index contributed by atoms with van der Waals surface area (Å²) in [4.78, 5) is 11.2. The molecular formula is C12H13FO3. The van der Waals surface area contributed by atoms with E-state index in [-0.39, 0.29) is 11.7 Å². The second-order valence-corrected chi connectivity index (χ2v) is 4.24. The van der Waals surface area contributed by atoms with Crippen LogP contribution in [0.5, 0.6) is 5.75 Å². The standard InChI is InChI=1S/C12H13FO3/c1-12(11(14)15,8-2-3-8)16-10-6-4-9(13)5-7-10/h4-8H,2-3H2,1H3,(H,14,15). The van der Waals surface area contributed by atoms with Gasteiger partial charge in [-0.15, -0.1) is 0 Å². The number of ether oxygens (including phenoxy) is 1. The lowest BCUT2D eigenvalue weighted by Gasteiger charge is -2.26. The van der Waals surface area contributed by atoms with E-state index in [9.17, 15) is 9.18 Å². The molecule has 0 spiro atoms.